The Morgan fingerprint density at radius 1 is 1.25 bits per heavy atom. The Labute approximate surface area is 107 Å². The van der Waals surface area contributed by atoms with Crippen molar-refractivity contribution in [1.82, 2.24) is 9.97 Å². The minimum atomic E-state index is 0.203. The van der Waals surface area contributed by atoms with Crippen LogP contribution in [0.5, 0.6) is 0 Å². The summed E-state index contributed by atoms with van der Waals surface area (Å²) in [6, 6.07) is 7.43. The Kier molecular flexibility index (Phi) is 3.53. The first-order chi connectivity index (χ1) is 7.65. The second kappa shape index (κ2) is 4.91. The predicted octanol–water partition coefficient (Wildman–Crippen LogP) is 3.52. The van der Waals surface area contributed by atoms with E-state index in [1.807, 2.05) is 24.3 Å². The average molecular weight is 272 g/mol. The maximum Gasteiger partial charge on any atom is 0.221 e. The highest BCUT2D eigenvalue weighted by atomic mass is 35.5. The van der Waals surface area contributed by atoms with Crippen molar-refractivity contribution >= 4 is 40.9 Å². The van der Waals surface area contributed by atoms with Gasteiger partial charge in [-0.15, -0.1) is 0 Å². The first-order valence-electron chi connectivity index (χ1n) is 4.36. The summed E-state index contributed by atoms with van der Waals surface area (Å²) in [6.45, 7) is 0. The monoisotopic (exact) mass is 271 g/mol. The third kappa shape index (κ3) is 2.78. The number of aromatic nitrogens is 2. The van der Waals surface area contributed by atoms with Gasteiger partial charge in [-0.05, 0) is 18.2 Å². The number of hydrogen-bond acceptors (Lipinski definition) is 4. The smallest absolute Gasteiger partial charge is 0.221 e. The van der Waals surface area contributed by atoms with Crippen LogP contribution < -0.4 is 5.73 Å². The SMILES string of the molecule is Nc1ncc(Cl)c(Sc2cccc(Cl)c2)n1. The number of nitrogens with two attached hydrogens (primary N) is 1. The van der Waals surface area contributed by atoms with Crippen molar-refractivity contribution in [3.63, 3.8) is 0 Å². The summed E-state index contributed by atoms with van der Waals surface area (Å²) in [4.78, 5) is 8.80. The minimum Gasteiger partial charge on any atom is -0.368 e. The molecule has 6 heteroatoms. The van der Waals surface area contributed by atoms with Gasteiger partial charge in [0.2, 0.25) is 5.95 Å². The van der Waals surface area contributed by atoms with Crippen molar-refractivity contribution in [3.8, 4) is 0 Å². The van der Waals surface area contributed by atoms with Gasteiger partial charge >= 0.3 is 0 Å². The number of hydrogen-bond donors (Lipinski definition) is 1. The highest BCUT2D eigenvalue weighted by molar-refractivity contribution is 7.99. The fourth-order valence-electron chi connectivity index (χ4n) is 1.08. The first kappa shape index (κ1) is 11.5. The molecule has 3 nitrogen and oxygen atoms in total. The van der Waals surface area contributed by atoms with Crippen LogP contribution in [0.4, 0.5) is 5.95 Å². The maximum atomic E-state index is 5.95. The summed E-state index contributed by atoms with van der Waals surface area (Å²) >= 11 is 13.2. The van der Waals surface area contributed by atoms with Crippen LogP contribution in [-0.4, -0.2) is 9.97 Å². The maximum absolute atomic E-state index is 5.95. The molecule has 0 aliphatic carbocycles. The molecule has 1 heterocycles. The molecule has 0 saturated heterocycles. The molecule has 0 bridgehead atoms. The molecule has 0 atom stereocenters. The number of benzene rings is 1. The second-order valence-corrected chi connectivity index (χ2v) is 4.85. The Morgan fingerprint density at radius 3 is 2.81 bits per heavy atom. The average Bonchev–Trinajstić information content (AvgIpc) is 2.24. The molecule has 0 fully saturated rings. The summed E-state index contributed by atoms with van der Waals surface area (Å²) in [5.41, 5.74) is 5.49. The lowest BCUT2D eigenvalue weighted by Gasteiger charge is -2.03. The fraction of sp³-hybridized carbons (Fsp3) is 0. The van der Waals surface area contributed by atoms with E-state index in [0.29, 0.717) is 15.1 Å². The summed E-state index contributed by atoms with van der Waals surface area (Å²) in [7, 11) is 0. The summed E-state index contributed by atoms with van der Waals surface area (Å²) in [5, 5.41) is 1.76. The molecular weight excluding hydrogens is 265 g/mol. The van der Waals surface area contributed by atoms with Crippen LogP contribution in [0.15, 0.2) is 40.4 Å². The molecule has 0 unspecified atom stereocenters. The highest BCUT2D eigenvalue weighted by Gasteiger charge is 2.06. The summed E-state index contributed by atoms with van der Waals surface area (Å²) in [5.74, 6) is 0.203. The Balaban J connectivity index is 2.30. The zero-order chi connectivity index (χ0) is 11.5. The molecule has 0 aliphatic rings. The highest BCUT2D eigenvalue weighted by Crippen LogP contribution is 2.32. The molecule has 0 spiro atoms. The number of anilines is 1. The lowest BCUT2D eigenvalue weighted by molar-refractivity contribution is 1.06. The molecule has 2 rings (SSSR count). The van der Waals surface area contributed by atoms with Crippen molar-refractivity contribution in [1.29, 1.82) is 0 Å². The molecular formula is C10H7Cl2N3S. The molecule has 0 radical (unpaired) electrons. The zero-order valence-corrected chi connectivity index (χ0v) is 10.4. The van der Waals surface area contributed by atoms with E-state index in [4.69, 9.17) is 28.9 Å². The molecule has 1 aromatic carbocycles. The van der Waals surface area contributed by atoms with Crippen molar-refractivity contribution in [2.75, 3.05) is 5.73 Å². The van der Waals surface area contributed by atoms with Crippen LogP contribution in [0.1, 0.15) is 0 Å². The van der Waals surface area contributed by atoms with E-state index < -0.39 is 0 Å². The molecule has 2 N–H and O–H groups in total. The van der Waals surface area contributed by atoms with Crippen LogP contribution in [0.2, 0.25) is 10.0 Å². The summed E-state index contributed by atoms with van der Waals surface area (Å²) < 4.78 is 0. The quantitative estimate of drug-likeness (QED) is 0.850. The van der Waals surface area contributed by atoms with Crippen LogP contribution in [0, 0.1) is 0 Å². The third-order valence-corrected chi connectivity index (χ3v) is 3.36. The van der Waals surface area contributed by atoms with Crippen molar-refractivity contribution in [2.45, 2.75) is 9.92 Å². The van der Waals surface area contributed by atoms with Gasteiger partial charge in [0.05, 0.1) is 11.2 Å². The van der Waals surface area contributed by atoms with Gasteiger partial charge in [0.15, 0.2) is 0 Å². The van der Waals surface area contributed by atoms with Gasteiger partial charge in [-0.3, -0.25) is 0 Å². The van der Waals surface area contributed by atoms with Crippen LogP contribution in [0.25, 0.3) is 0 Å². The lowest BCUT2D eigenvalue weighted by atomic mass is 10.4. The topological polar surface area (TPSA) is 51.8 Å². The van der Waals surface area contributed by atoms with Gasteiger partial charge in [0.1, 0.15) is 5.03 Å². The van der Waals surface area contributed by atoms with Crippen molar-refractivity contribution in [3.05, 3.63) is 40.5 Å². The van der Waals surface area contributed by atoms with Gasteiger partial charge in [-0.25, -0.2) is 9.97 Å². The van der Waals surface area contributed by atoms with E-state index in [9.17, 15) is 0 Å². The van der Waals surface area contributed by atoms with Gasteiger partial charge < -0.3 is 5.73 Å². The Bertz CT molecular complexity index is 519. The van der Waals surface area contributed by atoms with E-state index in [0.717, 1.165) is 4.90 Å². The molecule has 0 aliphatic heterocycles. The van der Waals surface area contributed by atoms with E-state index in [2.05, 4.69) is 9.97 Å². The van der Waals surface area contributed by atoms with Gasteiger partial charge in [-0.2, -0.15) is 0 Å². The van der Waals surface area contributed by atoms with Crippen LogP contribution >= 0.6 is 35.0 Å². The Morgan fingerprint density at radius 2 is 2.06 bits per heavy atom. The molecule has 2 aromatic rings. The normalized spacial score (nSPS) is 10.4. The fourth-order valence-corrected chi connectivity index (χ4v) is 2.38. The lowest BCUT2D eigenvalue weighted by Crippen LogP contribution is -1.95. The number of rotatable bonds is 2. The van der Waals surface area contributed by atoms with Crippen molar-refractivity contribution < 1.29 is 0 Å². The van der Waals surface area contributed by atoms with Crippen molar-refractivity contribution in [2.24, 2.45) is 0 Å². The number of halogens is 2. The molecule has 1 aromatic heterocycles. The molecule has 0 saturated carbocycles. The number of nitrogen functional groups attached to an aromatic ring is 1. The van der Waals surface area contributed by atoms with E-state index >= 15 is 0 Å². The third-order valence-electron chi connectivity index (χ3n) is 1.74. The minimum absolute atomic E-state index is 0.203. The second-order valence-electron chi connectivity index (χ2n) is 2.94. The van der Waals surface area contributed by atoms with Gasteiger partial charge in [0.25, 0.3) is 0 Å². The van der Waals surface area contributed by atoms with Crippen LogP contribution in [-0.2, 0) is 0 Å². The molecule has 16 heavy (non-hydrogen) atoms. The van der Waals surface area contributed by atoms with E-state index in [-0.39, 0.29) is 5.95 Å². The first-order valence-corrected chi connectivity index (χ1v) is 5.94. The predicted molar refractivity (Wildman–Crippen MR) is 67.0 cm³/mol. The zero-order valence-electron chi connectivity index (χ0n) is 8.02. The van der Waals surface area contributed by atoms with E-state index in [1.165, 1.54) is 18.0 Å². The standard InChI is InChI=1S/C10H7Cl2N3S/c11-6-2-1-3-7(4-6)16-9-8(12)5-14-10(13)15-9/h1-5H,(H2,13,14,15). The molecule has 82 valence electrons. The largest absolute Gasteiger partial charge is 0.368 e. The molecule has 0 amide bonds. The number of nitrogens with zero attached hydrogens (tertiary/aromatic N) is 2. The van der Waals surface area contributed by atoms with Gasteiger partial charge in [0, 0.05) is 9.92 Å². The van der Waals surface area contributed by atoms with E-state index in [1.54, 1.807) is 0 Å². The van der Waals surface area contributed by atoms with Crippen LogP contribution in [0.3, 0.4) is 0 Å². The summed E-state index contributed by atoms with van der Waals surface area (Å²) in [6.07, 6.45) is 1.48. The Hall–Kier alpha value is -0.970. The van der Waals surface area contributed by atoms with Gasteiger partial charge in [-0.1, -0.05) is 41.0 Å².